The van der Waals surface area contributed by atoms with Gasteiger partial charge in [0.1, 0.15) is 5.69 Å². The van der Waals surface area contributed by atoms with E-state index < -0.39 is 0 Å². The third-order valence-electron chi connectivity index (χ3n) is 5.11. The molecule has 6 heteroatoms. The Morgan fingerprint density at radius 1 is 1.27 bits per heavy atom. The van der Waals surface area contributed by atoms with Gasteiger partial charge in [-0.3, -0.25) is 14.7 Å². The number of H-pyrrole nitrogens is 1. The van der Waals surface area contributed by atoms with Crippen LogP contribution in [0.5, 0.6) is 0 Å². The highest BCUT2D eigenvalue weighted by molar-refractivity contribution is 5.93. The van der Waals surface area contributed by atoms with Gasteiger partial charge in [-0.2, -0.15) is 5.10 Å². The van der Waals surface area contributed by atoms with E-state index >= 15 is 0 Å². The predicted octanol–water partition coefficient (Wildman–Crippen LogP) is 1.56. The monoisotopic (exact) mass is 302 g/mol. The van der Waals surface area contributed by atoms with Crippen molar-refractivity contribution < 1.29 is 9.59 Å². The number of nitrogens with zero attached hydrogens (tertiary/aromatic N) is 2. The lowest BCUT2D eigenvalue weighted by Crippen LogP contribution is -2.39. The van der Waals surface area contributed by atoms with Crippen LogP contribution in [0.25, 0.3) is 0 Å². The Labute approximate surface area is 129 Å². The Morgan fingerprint density at radius 3 is 2.77 bits per heavy atom. The second-order valence-corrected chi connectivity index (χ2v) is 6.84. The lowest BCUT2D eigenvalue weighted by Gasteiger charge is -2.24. The first-order valence-corrected chi connectivity index (χ1v) is 8.36. The van der Waals surface area contributed by atoms with Crippen LogP contribution in [0, 0.1) is 0 Å². The fourth-order valence-electron chi connectivity index (χ4n) is 3.71. The summed E-state index contributed by atoms with van der Waals surface area (Å²) >= 11 is 0. The molecule has 6 nitrogen and oxygen atoms in total. The molecule has 0 aromatic carbocycles. The Hall–Kier alpha value is -1.85. The smallest absolute Gasteiger partial charge is 0.272 e. The van der Waals surface area contributed by atoms with Gasteiger partial charge >= 0.3 is 0 Å². The van der Waals surface area contributed by atoms with E-state index in [2.05, 4.69) is 15.5 Å². The van der Waals surface area contributed by atoms with Gasteiger partial charge in [0, 0.05) is 30.6 Å². The maximum Gasteiger partial charge on any atom is 0.272 e. The van der Waals surface area contributed by atoms with E-state index in [4.69, 9.17) is 0 Å². The highest BCUT2D eigenvalue weighted by Crippen LogP contribution is 2.39. The maximum atomic E-state index is 12.3. The molecule has 1 aromatic rings. The molecule has 118 valence electrons. The SMILES string of the molecule is O=C(NC1CC(=O)N(C2CCCC2)C1)c1cc(C2CC2)[nH]n1. The molecule has 1 atom stereocenters. The molecule has 1 saturated heterocycles. The van der Waals surface area contributed by atoms with Crippen molar-refractivity contribution in [2.24, 2.45) is 0 Å². The highest BCUT2D eigenvalue weighted by atomic mass is 16.2. The molecule has 2 aliphatic carbocycles. The van der Waals surface area contributed by atoms with Crippen molar-refractivity contribution in [3.05, 3.63) is 17.5 Å². The van der Waals surface area contributed by atoms with Crippen molar-refractivity contribution in [2.75, 3.05) is 6.54 Å². The summed E-state index contributed by atoms with van der Waals surface area (Å²) in [6.45, 7) is 0.648. The van der Waals surface area contributed by atoms with Gasteiger partial charge in [-0.1, -0.05) is 12.8 Å². The average Bonchev–Trinajstić information content (AvgIpc) is 2.95. The number of carbonyl (C=O) groups excluding carboxylic acids is 2. The largest absolute Gasteiger partial charge is 0.346 e. The average molecular weight is 302 g/mol. The second kappa shape index (κ2) is 5.41. The number of likely N-dealkylation sites (tertiary alicyclic amines) is 1. The van der Waals surface area contributed by atoms with Gasteiger partial charge in [0.25, 0.3) is 5.91 Å². The Balaban J connectivity index is 1.36. The first-order valence-electron chi connectivity index (χ1n) is 8.36. The van der Waals surface area contributed by atoms with E-state index in [9.17, 15) is 9.59 Å². The van der Waals surface area contributed by atoms with Crippen LogP contribution >= 0.6 is 0 Å². The number of amides is 2. The highest BCUT2D eigenvalue weighted by Gasteiger charge is 2.36. The summed E-state index contributed by atoms with van der Waals surface area (Å²) in [5.41, 5.74) is 1.49. The van der Waals surface area contributed by atoms with Gasteiger partial charge < -0.3 is 10.2 Å². The molecule has 2 N–H and O–H groups in total. The van der Waals surface area contributed by atoms with Crippen molar-refractivity contribution in [3.63, 3.8) is 0 Å². The molecule has 2 heterocycles. The minimum atomic E-state index is -0.172. The van der Waals surface area contributed by atoms with Crippen LogP contribution < -0.4 is 5.32 Å². The number of carbonyl (C=O) groups is 2. The van der Waals surface area contributed by atoms with E-state index in [0.29, 0.717) is 30.6 Å². The van der Waals surface area contributed by atoms with Crippen molar-refractivity contribution in [2.45, 2.75) is 62.9 Å². The zero-order chi connectivity index (χ0) is 15.1. The summed E-state index contributed by atoms with van der Waals surface area (Å²) in [4.78, 5) is 26.4. The van der Waals surface area contributed by atoms with E-state index in [-0.39, 0.29) is 17.9 Å². The van der Waals surface area contributed by atoms with Crippen molar-refractivity contribution >= 4 is 11.8 Å². The third kappa shape index (κ3) is 2.62. The molecule has 3 fully saturated rings. The molecule has 1 aromatic heterocycles. The van der Waals surface area contributed by atoms with Crippen LogP contribution in [-0.2, 0) is 4.79 Å². The van der Waals surface area contributed by atoms with Crippen LogP contribution in [0.1, 0.15) is 67.0 Å². The minimum absolute atomic E-state index is 0.0818. The second-order valence-electron chi connectivity index (χ2n) is 6.84. The molecule has 4 rings (SSSR count). The van der Waals surface area contributed by atoms with Crippen LogP contribution in [0.2, 0.25) is 0 Å². The fraction of sp³-hybridized carbons (Fsp3) is 0.688. The predicted molar refractivity (Wildman–Crippen MR) is 80.4 cm³/mol. The summed E-state index contributed by atoms with van der Waals surface area (Å²) in [7, 11) is 0. The summed E-state index contributed by atoms with van der Waals surface area (Å²) < 4.78 is 0. The van der Waals surface area contributed by atoms with E-state index in [1.165, 1.54) is 25.7 Å². The quantitative estimate of drug-likeness (QED) is 0.886. The van der Waals surface area contributed by atoms with Crippen molar-refractivity contribution in [3.8, 4) is 0 Å². The number of aromatic nitrogens is 2. The third-order valence-corrected chi connectivity index (χ3v) is 5.11. The number of hydrogen-bond acceptors (Lipinski definition) is 3. The summed E-state index contributed by atoms with van der Waals surface area (Å²) in [6.07, 6.45) is 7.41. The summed E-state index contributed by atoms with van der Waals surface area (Å²) in [5.74, 6) is 0.562. The molecule has 3 aliphatic rings. The van der Waals surface area contributed by atoms with Gasteiger partial charge in [-0.05, 0) is 31.7 Å². The van der Waals surface area contributed by atoms with Crippen LogP contribution in [0.15, 0.2) is 6.07 Å². The number of rotatable bonds is 4. The molecule has 22 heavy (non-hydrogen) atoms. The minimum Gasteiger partial charge on any atom is -0.346 e. The van der Waals surface area contributed by atoms with E-state index in [1.54, 1.807) is 0 Å². The first-order chi connectivity index (χ1) is 10.7. The van der Waals surface area contributed by atoms with Gasteiger partial charge in [-0.25, -0.2) is 0 Å². The van der Waals surface area contributed by atoms with Gasteiger partial charge in [-0.15, -0.1) is 0 Å². The van der Waals surface area contributed by atoms with Crippen LogP contribution in [0.3, 0.4) is 0 Å². The lowest BCUT2D eigenvalue weighted by molar-refractivity contribution is -0.129. The zero-order valence-corrected chi connectivity index (χ0v) is 12.7. The molecular formula is C16H22N4O2. The van der Waals surface area contributed by atoms with Gasteiger partial charge in [0.05, 0.1) is 6.04 Å². The molecule has 2 saturated carbocycles. The fourth-order valence-corrected chi connectivity index (χ4v) is 3.71. The number of hydrogen-bond donors (Lipinski definition) is 2. The topological polar surface area (TPSA) is 78.1 Å². The van der Waals surface area contributed by atoms with Gasteiger partial charge in [0.2, 0.25) is 5.91 Å². The lowest BCUT2D eigenvalue weighted by atomic mass is 10.2. The standard InChI is InChI=1S/C16H22N4O2/c21-15-7-11(9-20(15)12-3-1-2-4-12)17-16(22)14-8-13(18-19-14)10-5-6-10/h8,10-12H,1-7,9H2,(H,17,22)(H,18,19). The summed E-state index contributed by atoms with van der Waals surface area (Å²) in [6, 6.07) is 2.15. The molecule has 0 spiro atoms. The normalized spacial score (nSPS) is 25.9. The van der Waals surface area contributed by atoms with Crippen LogP contribution in [-0.4, -0.2) is 45.5 Å². The molecule has 0 bridgehead atoms. The van der Waals surface area contributed by atoms with Crippen LogP contribution in [0.4, 0.5) is 0 Å². The molecule has 0 radical (unpaired) electrons. The Kier molecular flexibility index (Phi) is 3.39. The molecule has 1 unspecified atom stereocenters. The Bertz CT molecular complexity index is 587. The zero-order valence-electron chi connectivity index (χ0n) is 12.7. The van der Waals surface area contributed by atoms with E-state index in [0.717, 1.165) is 18.5 Å². The Morgan fingerprint density at radius 2 is 2.05 bits per heavy atom. The van der Waals surface area contributed by atoms with E-state index in [1.807, 2.05) is 11.0 Å². The summed E-state index contributed by atoms with van der Waals surface area (Å²) in [5, 5.41) is 10.0. The molecule has 1 aliphatic heterocycles. The first kappa shape index (κ1) is 13.8. The molecule has 2 amide bonds. The van der Waals surface area contributed by atoms with Crippen molar-refractivity contribution in [1.29, 1.82) is 0 Å². The maximum absolute atomic E-state index is 12.3. The number of nitrogens with one attached hydrogen (secondary N) is 2. The van der Waals surface area contributed by atoms with Gasteiger partial charge in [0.15, 0.2) is 0 Å². The molecular weight excluding hydrogens is 280 g/mol. The van der Waals surface area contributed by atoms with Crippen molar-refractivity contribution in [1.82, 2.24) is 20.4 Å². The number of aromatic amines is 1.